The normalized spacial score (nSPS) is 12.5. The molecule has 0 saturated carbocycles. The Bertz CT molecular complexity index is 856. The molecule has 0 aliphatic rings. The number of rotatable bonds is 5. The molecular formula is C11H14N4O4S2. The van der Waals surface area contributed by atoms with Crippen LogP contribution in [0.25, 0.3) is 0 Å². The highest BCUT2D eigenvalue weighted by molar-refractivity contribution is 7.89. The highest BCUT2D eigenvalue weighted by atomic mass is 32.2. The minimum Gasteiger partial charge on any atom is -0.256 e. The summed E-state index contributed by atoms with van der Waals surface area (Å²) in [6.45, 7) is -0.0587. The zero-order valence-corrected chi connectivity index (χ0v) is 12.7. The highest BCUT2D eigenvalue weighted by Gasteiger charge is 2.17. The number of hydrogen-bond donors (Lipinski definition) is 2. The average Bonchev–Trinajstić information content (AvgIpc) is 2.83. The highest BCUT2D eigenvalue weighted by Crippen LogP contribution is 2.11. The van der Waals surface area contributed by atoms with Crippen LogP contribution in [0.2, 0.25) is 0 Å². The van der Waals surface area contributed by atoms with Crippen molar-refractivity contribution in [2.45, 2.75) is 16.5 Å². The molecule has 0 bridgehead atoms. The van der Waals surface area contributed by atoms with Gasteiger partial charge in [-0.3, -0.25) is 4.68 Å². The second kappa shape index (κ2) is 5.56. The molecule has 0 spiro atoms. The molecule has 114 valence electrons. The van der Waals surface area contributed by atoms with Crippen molar-refractivity contribution < 1.29 is 16.8 Å². The maximum atomic E-state index is 12.1. The van der Waals surface area contributed by atoms with Crippen LogP contribution in [0.3, 0.4) is 0 Å². The number of hydrogen-bond acceptors (Lipinski definition) is 5. The molecule has 8 nitrogen and oxygen atoms in total. The molecule has 0 aliphatic carbocycles. The lowest BCUT2D eigenvalue weighted by Crippen LogP contribution is -2.25. The Labute approximate surface area is 122 Å². The summed E-state index contributed by atoms with van der Waals surface area (Å²) in [5.74, 6) is 0. The second-order valence-corrected chi connectivity index (χ2v) is 7.59. The fourth-order valence-corrected chi connectivity index (χ4v) is 3.43. The maximum absolute atomic E-state index is 12.1. The summed E-state index contributed by atoms with van der Waals surface area (Å²) in [5, 5.41) is 8.83. The van der Waals surface area contributed by atoms with Crippen LogP contribution in [0.1, 0.15) is 5.56 Å². The van der Waals surface area contributed by atoms with Gasteiger partial charge in [0.1, 0.15) is 0 Å². The molecule has 0 amide bonds. The predicted octanol–water partition coefficient (Wildman–Crippen LogP) is -0.454. The van der Waals surface area contributed by atoms with Gasteiger partial charge < -0.3 is 0 Å². The van der Waals surface area contributed by atoms with E-state index in [-0.39, 0.29) is 16.5 Å². The van der Waals surface area contributed by atoms with Gasteiger partial charge in [0, 0.05) is 13.6 Å². The fraction of sp³-hybridized carbons (Fsp3) is 0.182. The van der Waals surface area contributed by atoms with Crippen LogP contribution in [0.4, 0.5) is 0 Å². The molecule has 0 atom stereocenters. The number of sulfonamides is 2. The number of primary sulfonamides is 1. The van der Waals surface area contributed by atoms with E-state index in [1.165, 1.54) is 42.2 Å². The van der Waals surface area contributed by atoms with Gasteiger partial charge in [-0.05, 0) is 23.8 Å². The topological polar surface area (TPSA) is 124 Å². The van der Waals surface area contributed by atoms with Crippen molar-refractivity contribution in [1.82, 2.24) is 14.5 Å². The SMILES string of the molecule is Cn1nccc1S(=O)(=O)NCc1cccc(S(N)(=O)=O)c1. The third kappa shape index (κ3) is 3.67. The van der Waals surface area contributed by atoms with Crippen LogP contribution in [0, 0.1) is 0 Å². The standard InChI is InChI=1S/C11H14N4O4S2/c1-15-11(5-6-13-15)21(18,19)14-8-9-3-2-4-10(7-9)20(12,16)17/h2-7,14H,8H2,1H3,(H2,12,16,17). The Hall–Kier alpha value is -1.75. The summed E-state index contributed by atoms with van der Waals surface area (Å²) in [5.41, 5.74) is 0.479. The molecule has 0 unspecified atom stereocenters. The minimum atomic E-state index is -3.82. The molecule has 2 rings (SSSR count). The third-order valence-corrected chi connectivity index (χ3v) is 5.13. The predicted molar refractivity (Wildman–Crippen MR) is 75.0 cm³/mol. The van der Waals surface area contributed by atoms with Crippen LogP contribution in [-0.4, -0.2) is 26.6 Å². The van der Waals surface area contributed by atoms with E-state index in [9.17, 15) is 16.8 Å². The first-order chi connectivity index (χ1) is 9.70. The lowest BCUT2D eigenvalue weighted by atomic mass is 10.2. The van der Waals surface area contributed by atoms with Gasteiger partial charge in [-0.15, -0.1) is 0 Å². The van der Waals surface area contributed by atoms with Gasteiger partial charge >= 0.3 is 0 Å². The summed E-state index contributed by atoms with van der Waals surface area (Å²) in [4.78, 5) is -0.0697. The van der Waals surface area contributed by atoms with E-state index in [1.54, 1.807) is 6.07 Å². The molecule has 1 heterocycles. The van der Waals surface area contributed by atoms with E-state index in [4.69, 9.17) is 5.14 Å². The van der Waals surface area contributed by atoms with E-state index >= 15 is 0 Å². The van der Waals surface area contributed by atoms with Crippen molar-refractivity contribution in [2.75, 3.05) is 0 Å². The molecule has 2 aromatic rings. The molecule has 0 saturated heterocycles. The van der Waals surface area contributed by atoms with Crippen molar-refractivity contribution in [2.24, 2.45) is 12.2 Å². The lowest BCUT2D eigenvalue weighted by Gasteiger charge is -2.07. The Balaban J connectivity index is 2.19. The third-order valence-electron chi connectivity index (χ3n) is 2.74. The van der Waals surface area contributed by atoms with Crippen molar-refractivity contribution in [3.8, 4) is 0 Å². The van der Waals surface area contributed by atoms with E-state index in [0.29, 0.717) is 5.56 Å². The zero-order chi connectivity index (χ0) is 15.7. The summed E-state index contributed by atoms with van der Waals surface area (Å²) in [6.07, 6.45) is 1.37. The first kappa shape index (κ1) is 15.6. The van der Waals surface area contributed by atoms with Crippen LogP contribution < -0.4 is 9.86 Å². The van der Waals surface area contributed by atoms with Gasteiger partial charge in [0.05, 0.1) is 11.1 Å². The second-order valence-electron chi connectivity index (χ2n) is 4.31. The van der Waals surface area contributed by atoms with Crippen molar-refractivity contribution >= 4 is 20.0 Å². The number of aryl methyl sites for hydroxylation is 1. The van der Waals surface area contributed by atoms with Crippen molar-refractivity contribution in [3.05, 3.63) is 42.1 Å². The quantitative estimate of drug-likeness (QED) is 0.768. The van der Waals surface area contributed by atoms with Gasteiger partial charge in [-0.25, -0.2) is 26.7 Å². The van der Waals surface area contributed by atoms with Crippen molar-refractivity contribution in [1.29, 1.82) is 0 Å². The first-order valence-corrected chi connectivity index (χ1v) is 8.82. The Morgan fingerprint density at radius 3 is 2.52 bits per heavy atom. The zero-order valence-electron chi connectivity index (χ0n) is 11.1. The Morgan fingerprint density at radius 2 is 1.95 bits per heavy atom. The van der Waals surface area contributed by atoms with Crippen LogP contribution in [-0.2, 0) is 33.6 Å². The van der Waals surface area contributed by atoms with Crippen LogP contribution >= 0.6 is 0 Å². The van der Waals surface area contributed by atoms with Crippen LogP contribution in [0.15, 0.2) is 46.5 Å². The fourth-order valence-electron chi connectivity index (χ4n) is 1.71. The average molecular weight is 330 g/mol. The van der Waals surface area contributed by atoms with E-state index in [2.05, 4.69) is 9.82 Å². The van der Waals surface area contributed by atoms with E-state index in [0.717, 1.165) is 0 Å². The molecular weight excluding hydrogens is 316 g/mol. The Kier molecular flexibility index (Phi) is 4.14. The molecule has 1 aromatic carbocycles. The van der Waals surface area contributed by atoms with Crippen molar-refractivity contribution in [3.63, 3.8) is 0 Å². The van der Waals surface area contributed by atoms with E-state index in [1.807, 2.05) is 0 Å². The first-order valence-electron chi connectivity index (χ1n) is 5.79. The Morgan fingerprint density at radius 1 is 1.24 bits per heavy atom. The molecule has 10 heteroatoms. The number of nitrogens with one attached hydrogen (secondary N) is 1. The van der Waals surface area contributed by atoms with Crippen LogP contribution in [0.5, 0.6) is 0 Å². The smallest absolute Gasteiger partial charge is 0.256 e. The minimum absolute atomic E-state index is 0.0186. The number of nitrogens with two attached hydrogens (primary N) is 1. The molecule has 0 radical (unpaired) electrons. The van der Waals surface area contributed by atoms with E-state index < -0.39 is 20.0 Å². The van der Waals surface area contributed by atoms with Gasteiger partial charge in [0.15, 0.2) is 5.03 Å². The van der Waals surface area contributed by atoms with Gasteiger partial charge in [0.25, 0.3) is 10.0 Å². The van der Waals surface area contributed by atoms with Gasteiger partial charge in [0.2, 0.25) is 10.0 Å². The molecule has 3 N–H and O–H groups in total. The monoisotopic (exact) mass is 330 g/mol. The maximum Gasteiger partial charge on any atom is 0.258 e. The molecule has 0 fully saturated rings. The lowest BCUT2D eigenvalue weighted by molar-refractivity contribution is 0.563. The summed E-state index contributed by atoms with van der Waals surface area (Å²) < 4.78 is 50.2. The summed E-state index contributed by atoms with van der Waals surface area (Å²) in [7, 11) is -6.03. The summed E-state index contributed by atoms with van der Waals surface area (Å²) in [6, 6.07) is 7.12. The molecule has 0 aliphatic heterocycles. The largest absolute Gasteiger partial charge is 0.258 e. The molecule has 1 aromatic heterocycles. The van der Waals surface area contributed by atoms with Gasteiger partial charge in [-0.2, -0.15) is 5.10 Å². The number of benzene rings is 1. The number of nitrogens with zero attached hydrogens (tertiary/aromatic N) is 2. The number of aromatic nitrogens is 2. The van der Waals surface area contributed by atoms with Gasteiger partial charge in [-0.1, -0.05) is 12.1 Å². The summed E-state index contributed by atoms with van der Waals surface area (Å²) >= 11 is 0. The molecule has 21 heavy (non-hydrogen) atoms.